The Kier molecular flexibility index (Phi) is 4.43. The van der Waals surface area contributed by atoms with Crippen LogP contribution in [0, 0.1) is 5.82 Å². The molecule has 0 spiro atoms. The van der Waals surface area contributed by atoms with Crippen LogP contribution in [0.3, 0.4) is 0 Å². The number of oxazole rings is 1. The maximum Gasteiger partial charge on any atom is 0.276 e. The Morgan fingerprint density at radius 3 is 3.09 bits per heavy atom. The van der Waals surface area contributed by atoms with E-state index in [2.05, 4.69) is 4.98 Å². The van der Waals surface area contributed by atoms with Gasteiger partial charge in [0.05, 0.1) is 12.1 Å². The Hall–Kier alpha value is -2.21. The number of β-amino-alcohol motifs (C(OH)–C–C–N with tert-alkyl or cyclic N) is 1. The van der Waals surface area contributed by atoms with Crippen LogP contribution in [-0.4, -0.2) is 33.5 Å². The lowest BCUT2D eigenvalue weighted by Crippen LogP contribution is -2.32. The van der Waals surface area contributed by atoms with Crippen LogP contribution < -0.4 is 0 Å². The molecule has 2 heterocycles. The summed E-state index contributed by atoms with van der Waals surface area (Å²) in [6.45, 7) is 2.21. The van der Waals surface area contributed by atoms with Crippen LogP contribution in [0.25, 0.3) is 0 Å². The molecular formula is C17H19FN2O3. The summed E-state index contributed by atoms with van der Waals surface area (Å²) in [6, 6.07) is 5.76. The number of aromatic nitrogens is 1. The Balaban J connectivity index is 1.85. The van der Waals surface area contributed by atoms with E-state index in [4.69, 9.17) is 4.42 Å². The van der Waals surface area contributed by atoms with Gasteiger partial charge in [0.2, 0.25) is 0 Å². The number of amides is 1. The van der Waals surface area contributed by atoms with Gasteiger partial charge in [0, 0.05) is 13.0 Å². The van der Waals surface area contributed by atoms with Gasteiger partial charge in [-0.25, -0.2) is 9.37 Å². The average molecular weight is 318 g/mol. The van der Waals surface area contributed by atoms with Gasteiger partial charge in [-0.3, -0.25) is 4.79 Å². The quantitative estimate of drug-likeness (QED) is 0.941. The molecule has 0 radical (unpaired) electrons. The van der Waals surface area contributed by atoms with Gasteiger partial charge in [-0.05, 0) is 30.5 Å². The summed E-state index contributed by atoms with van der Waals surface area (Å²) in [6.07, 6.45) is 2.65. The molecule has 1 aromatic heterocycles. The molecule has 1 fully saturated rings. The van der Waals surface area contributed by atoms with Crippen LogP contribution in [0.15, 0.2) is 34.9 Å². The predicted molar refractivity (Wildman–Crippen MR) is 81.3 cm³/mol. The van der Waals surface area contributed by atoms with Crippen LogP contribution in [0.2, 0.25) is 0 Å². The summed E-state index contributed by atoms with van der Waals surface area (Å²) >= 11 is 0. The molecule has 0 unspecified atom stereocenters. The van der Waals surface area contributed by atoms with Gasteiger partial charge < -0.3 is 14.4 Å². The van der Waals surface area contributed by atoms with E-state index in [0.717, 1.165) is 6.42 Å². The molecule has 1 aliphatic rings. The standard InChI is InChI=1S/C17H19FN2O3/c1-2-4-16-19-14(10-23-16)17(22)20-9-13(21)8-15(20)11-5-3-6-12(18)7-11/h3,5-7,10,13,15,21H,2,4,8-9H2,1H3/t13-,15-/m1/s1. The van der Waals surface area contributed by atoms with E-state index in [0.29, 0.717) is 24.3 Å². The predicted octanol–water partition coefficient (Wildman–Crippen LogP) is 2.71. The minimum atomic E-state index is -0.630. The zero-order valence-electron chi connectivity index (χ0n) is 12.9. The molecule has 0 saturated carbocycles. The van der Waals surface area contributed by atoms with Crippen molar-refractivity contribution >= 4 is 5.91 Å². The number of aryl methyl sites for hydroxylation is 1. The lowest BCUT2D eigenvalue weighted by Gasteiger charge is -2.23. The smallest absolute Gasteiger partial charge is 0.276 e. The molecule has 2 atom stereocenters. The monoisotopic (exact) mass is 318 g/mol. The van der Waals surface area contributed by atoms with Crippen LogP contribution in [-0.2, 0) is 6.42 Å². The molecule has 1 amide bonds. The molecule has 122 valence electrons. The second-order valence-corrected chi connectivity index (χ2v) is 5.79. The van der Waals surface area contributed by atoms with Gasteiger partial charge in [-0.15, -0.1) is 0 Å². The Morgan fingerprint density at radius 1 is 1.52 bits per heavy atom. The molecule has 3 rings (SSSR count). The summed E-state index contributed by atoms with van der Waals surface area (Å²) in [5.74, 6) is -0.136. The number of aliphatic hydroxyl groups is 1. The number of likely N-dealkylation sites (tertiary alicyclic amines) is 1. The second kappa shape index (κ2) is 6.50. The highest BCUT2D eigenvalue weighted by atomic mass is 19.1. The van der Waals surface area contributed by atoms with Crippen LogP contribution >= 0.6 is 0 Å². The summed E-state index contributed by atoms with van der Waals surface area (Å²) < 4.78 is 18.8. The van der Waals surface area contributed by atoms with Crippen molar-refractivity contribution in [1.29, 1.82) is 0 Å². The third kappa shape index (κ3) is 3.27. The fourth-order valence-electron chi connectivity index (χ4n) is 2.95. The zero-order chi connectivity index (χ0) is 16.4. The Labute approximate surface area is 133 Å². The van der Waals surface area contributed by atoms with Crippen molar-refractivity contribution in [3.05, 3.63) is 53.5 Å². The average Bonchev–Trinajstić information content (AvgIpc) is 3.14. The van der Waals surface area contributed by atoms with Crippen molar-refractivity contribution in [2.24, 2.45) is 0 Å². The van der Waals surface area contributed by atoms with E-state index in [1.165, 1.54) is 23.3 Å². The number of carbonyl (C=O) groups excluding carboxylic acids is 1. The van der Waals surface area contributed by atoms with Crippen LogP contribution in [0.1, 0.15) is 47.7 Å². The number of carbonyl (C=O) groups is 1. The number of rotatable bonds is 4. The van der Waals surface area contributed by atoms with E-state index in [1.54, 1.807) is 12.1 Å². The minimum Gasteiger partial charge on any atom is -0.448 e. The van der Waals surface area contributed by atoms with E-state index in [-0.39, 0.29) is 30.0 Å². The molecule has 0 bridgehead atoms. The molecule has 0 aliphatic carbocycles. The van der Waals surface area contributed by atoms with Gasteiger partial charge in [0.1, 0.15) is 12.1 Å². The molecule has 2 aromatic rings. The number of halogens is 1. The van der Waals surface area contributed by atoms with Gasteiger partial charge >= 0.3 is 0 Å². The van der Waals surface area contributed by atoms with Gasteiger partial charge in [0.25, 0.3) is 5.91 Å². The van der Waals surface area contributed by atoms with Gasteiger partial charge in [0.15, 0.2) is 11.6 Å². The SMILES string of the molecule is CCCc1nc(C(=O)N2C[C@H](O)C[C@@H]2c2cccc(F)c2)co1. The second-order valence-electron chi connectivity index (χ2n) is 5.79. The van der Waals surface area contributed by atoms with Crippen molar-refractivity contribution in [3.8, 4) is 0 Å². The van der Waals surface area contributed by atoms with Crippen molar-refractivity contribution in [2.75, 3.05) is 6.54 Å². The van der Waals surface area contributed by atoms with Crippen molar-refractivity contribution in [3.63, 3.8) is 0 Å². The highest BCUT2D eigenvalue weighted by molar-refractivity contribution is 5.92. The summed E-state index contributed by atoms with van der Waals surface area (Å²) in [7, 11) is 0. The van der Waals surface area contributed by atoms with Gasteiger partial charge in [-0.2, -0.15) is 0 Å². The zero-order valence-corrected chi connectivity index (χ0v) is 12.9. The van der Waals surface area contributed by atoms with E-state index in [9.17, 15) is 14.3 Å². The van der Waals surface area contributed by atoms with E-state index >= 15 is 0 Å². The summed E-state index contributed by atoms with van der Waals surface area (Å²) in [5, 5.41) is 9.95. The number of hydrogen-bond acceptors (Lipinski definition) is 4. The van der Waals surface area contributed by atoms with Crippen LogP contribution in [0.5, 0.6) is 0 Å². The third-order valence-corrected chi connectivity index (χ3v) is 4.01. The number of hydrogen-bond donors (Lipinski definition) is 1. The first-order valence-corrected chi connectivity index (χ1v) is 7.77. The largest absolute Gasteiger partial charge is 0.448 e. The normalized spacial score (nSPS) is 20.9. The van der Waals surface area contributed by atoms with Crippen molar-refractivity contribution in [2.45, 2.75) is 38.3 Å². The fourth-order valence-corrected chi connectivity index (χ4v) is 2.95. The van der Waals surface area contributed by atoms with E-state index in [1.807, 2.05) is 6.92 Å². The van der Waals surface area contributed by atoms with Crippen molar-refractivity contribution < 1.29 is 18.7 Å². The molecule has 6 heteroatoms. The lowest BCUT2D eigenvalue weighted by molar-refractivity contribution is 0.0709. The Bertz CT molecular complexity index is 701. The maximum absolute atomic E-state index is 13.5. The third-order valence-electron chi connectivity index (χ3n) is 4.01. The highest BCUT2D eigenvalue weighted by Gasteiger charge is 2.36. The molecule has 5 nitrogen and oxygen atoms in total. The van der Waals surface area contributed by atoms with Crippen LogP contribution in [0.4, 0.5) is 4.39 Å². The lowest BCUT2D eigenvalue weighted by atomic mass is 10.0. The molecule has 23 heavy (non-hydrogen) atoms. The molecular weight excluding hydrogens is 299 g/mol. The first-order valence-electron chi connectivity index (χ1n) is 7.77. The summed E-state index contributed by atoms with van der Waals surface area (Å²) in [4.78, 5) is 18.4. The summed E-state index contributed by atoms with van der Waals surface area (Å²) in [5.41, 5.74) is 0.899. The first kappa shape index (κ1) is 15.7. The van der Waals surface area contributed by atoms with Gasteiger partial charge in [-0.1, -0.05) is 19.1 Å². The van der Waals surface area contributed by atoms with E-state index < -0.39 is 6.10 Å². The number of benzene rings is 1. The maximum atomic E-state index is 13.5. The first-order chi connectivity index (χ1) is 11.1. The Morgan fingerprint density at radius 2 is 2.35 bits per heavy atom. The topological polar surface area (TPSA) is 66.6 Å². The molecule has 1 aliphatic heterocycles. The highest BCUT2D eigenvalue weighted by Crippen LogP contribution is 2.33. The molecule has 1 N–H and O–H groups in total. The number of aliphatic hydroxyl groups excluding tert-OH is 1. The fraction of sp³-hybridized carbons (Fsp3) is 0.412. The van der Waals surface area contributed by atoms with Crippen molar-refractivity contribution in [1.82, 2.24) is 9.88 Å². The molecule has 1 saturated heterocycles. The number of nitrogens with zero attached hydrogens (tertiary/aromatic N) is 2. The minimum absolute atomic E-state index is 0.204. The molecule has 1 aromatic carbocycles.